The van der Waals surface area contributed by atoms with Crippen LogP contribution in [0.1, 0.15) is 38.5 Å². The number of nitrogens with zero attached hydrogens (tertiary/aromatic N) is 4. The molecular formula is C60H58Bi3F30N5S6. The number of nitrogens with two attached hydrogens (primary N) is 1. The van der Waals surface area contributed by atoms with Crippen molar-refractivity contribution in [3.8, 4) is 0 Å². The SMILES string of the molecule is [NH2][Bi]([S]C1C(F)C(F)C(F)C(F)C1F)([S]C1C(F)C(F)C(F)C(F)C1F)([S]C1C(F)C(F)C(F)C(F)C1F)[N]1CCC(C=CC2=CC[N]([Bi]([S]c3c(F)c(F)c(F)c(F)c3F)([S]c3c(F)c(F)c(F)c(F)c3F)([S]c3c(F)c(F)c(F)c(F)c3F)[N]3CCC(C=CC4CC[N]([BiH2])CC4)CC3)C=C2)CC1. The molecule has 3 aromatic rings. The standard InChI is InChI=1S/C12H20N2.C12H16N2.3C6H7F5S.3C6HF5S.3Bi.H2N.2H/c2*1(11-3-7-13-8-4-11)2-12-5-9-14-10-6-12;6*7-1-2(8)4(10)6(12)5(11)3(1)9;;;;;;/h1-2,11-12H,3-10H2;1-4,7,12H,5-6,8-10H2;3*1-6,12H;3*12H;;;;1H2;;/q2*-2;;;;;;;+1;2*+5;-1;;/p-6. The molecule has 4 aliphatic heterocycles. The summed E-state index contributed by atoms with van der Waals surface area (Å²) in [7, 11) is -3.38. The predicted octanol–water partition coefficient (Wildman–Crippen LogP) is 17.2. The topological polar surface area (TPSA) is 39.0 Å². The molecule has 0 radical (unpaired) electrons. The fourth-order valence-corrected chi connectivity index (χ4v) is 133. The molecule has 0 aromatic heterocycles. The zero-order chi connectivity index (χ0) is 76.7. The van der Waals surface area contributed by atoms with Gasteiger partial charge in [0.25, 0.3) is 0 Å². The van der Waals surface area contributed by atoms with E-state index in [1.807, 2.05) is 6.08 Å². The van der Waals surface area contributed by atoms with Gasteiger partial charge in [-0.05, 0) is 0 Å². The molecule has 4 heterocycles. The minimum absolute atomic E-state index is 0.00257. The first-order valence-corrected chi connectivity index (χ1v) is 70.4. The molecule has 0 spiro atoms. The number of hydrogen-bond donors (Lipinski definition) is 1. The van der Waals surface area contributed by atoms with E-state index in [-0.39, 0.29) is 24.3 Å². The zero-order valence-corrected chi connectivity index (χ0v) is 68.8. The van der Waals surface area contributed by atoms with E-state index in [1.165, 1.54) is 6.08 Å². The third-order valence-electron chi connectivity index (χ3n) is 18.9. The Morgan fingerprint density at radius 1 is 0.346 bits per heavy atom. The molecule has 3 aliphatic carbocycles. The van der Waals surface area contributed by atoms with Crippen LogP contribution in [0, 0.1) is 105 Å². The minimum atomic E-state index is -8.58. The van der Waals surface area contributed by atoms with Crippen molar-refractivity contribution in [2.75, 3.05) is 45.8 Å². The molecule has 10 rings (SSSR count). The van der Waals surface area contributed by atoms with E-state index in [1.54, 1.807) is 6.08 Å². The number of benzene rings is 3. The Balaban J connectivity index is 1.08. The van der Waals surface area contributed by atoms with Crippen LogP contribution in [-0.4, -0.2) is 220 Å². The summed E-state index contributed by atoms with van der Waals surface area (Å²) in [5.41, 5.74) is -0.135. The van der Waals surface area contributed by atoms with Crippen molar-refractivity contribution in [2.24, 2.45) is 21.4 Å². The van der Waals surface area contributed by atoms with Crippen molar-refractivity contribution in [2.45, 2.75) is 162 Å². The van der Waals surface area contributed by atoms with E-state index >= 15 is 105 Å². The Bertz CT molecular complexity index is 3390. The number of rotatable bonds is 19. The third-order valence-corrected chi connectivity index (χ3v) is 125. The maximum atomic E-state index is 16.7. The molecule has 584 valence electrons. The van der Waals surface area contributed by atoms with Gasteiger partial charge >= 0.3 is 613 Å². The molecular weight excluding hydrogens is 2180 g/mol. The molecule has 6 fully saturated rings. The Labute approximate surface area is 607 Å². The molecule has 3 aromatic carbocycles. The molecule has 3 saturated carbocycles. The van der Waals surface area contributed by atoms with Gasteiger partial charge in [0.2, 0.25) is 0 Å². The van der Waals surface area contributed by atoms with Crippen LogP contribution in [0.3, 0.4) is 0 Å². The quantitative estimate of drug-likeness (QED) is 0.0410. The van der Waals surface area contributed by atoms with Crippen molar-refractivity contribution in [3.05, 3.63) is 135 Å². The van der Waals surface area contributed by atoms with Gasteiger partial charge in [0.05, 0.1) is 0 Å². The first-order valence-electron chi connectivity index (χ1n) is 31.3. The van der Waals surface area contributed by atoms with Crippen LogP contribution in [0.4, 0.5) is 132 Å². The van der Waals surface area contributed by atoms with Gasteiger partial charge in [-0.1, -0.05) is 0 Å². The van der Waals surface area contributed by atoms with Gasteiger partial charge in [-0.3, -0.25) is 0 Å². The Hall–Kier alpha value is -1.09. The van der Waals surface area contributed by atoms with E-state index in [4.69, 9.17) is 3.68 Å². The number of alkyl halides is 15. The van der Waals surface area contributed by atoms with E-state index < -0.39 is 349 Å². The number of piperidine rings is 3. The van der Waals surface area contributed by atoms with Gasteiger partial charge < -0.3 is 0 Å². The first kappa shape index (κ1) is 85.3. The van der Waals surface area contributed by atoms with Crippen molar-refractivity contribution < 1.29 is 132 Å². The van der Waals surface area contributed by atoms with Gasteiger partial charge in [-0.15, -0.1) is 0 Å². The summed E-state index contributed by atoms with van der Waals surface area (Å²) in [6, 6.07) is 0. The van der Waals surface area contributed by atoms with Crippen molar-refractivity contribution in [1.82, 2.24) is 11.4 Å². The van der Waals surface area contributed by atoms with Crippen molar-refractivity contribution in [3.63, 3.8) is 0 Å². The summed E-state index contributed by atoms with van der Waals surface area (Å²) in [6.07, 6.45) is -45.1. The van der Waals surface area contributed by atoms with Crippen LogP contribution >= 0.6 is 51.1 Å². The zero-order valence-electron chi connectivity index (χ0n) is 52.5. The average molecular weight is 2240 g/mol. The van der Waals surface area contributed by atoms with Crippen LogP contribution in [0.5, 0.6) is 0 Å². The Morgan fingerprint density at radius 3 is 0.875 bits per heavy atom. The number of halogens is 30. The summed E-state index contributed by atoms with van der Waals surface area (Å²) in [5.74, 6) is -43.4. The monoisotopic (exact) mass is 2240 g/mol. The second-order valence-corrected chi connectivity index (χ2v) is 116. The summed E-state index contributed by atoms with van der Waals surface area (Å²) >= 11 is -16.1. The molecule has 0 bridgehead atoms. The third kappa shape index (κ3) is 15.7. The second kappa shape index (κ2) is 33.2. The Morgan fingerprint density at radius 2 is 0.596 bits per heavy atom. The summed E-state index contributed by atoms with van der Waals surface area (Å²) < 4.78 is 484. The van der Waals surface area contributed by atoms with E-state index in [2.05, 4.69) is 2.84 Å². The fourth-order valence-electron chi connectivity index (χ4n) is 12.9. The molecule has 0 amide bonds. The average Bonchev–Trinajstić information content (AvgIpc) is 0.696. The molecule has 104 heavy (non-hydrogen) atoms. The predicted molar refractivity (Wildman–Crippen MR) is 343 cm³/mol. The molecule has 44 heteroatoms. The molecule has 3 saturated heterocycles. The number of allylic oxidation sites excluding steroid dienone is 6. The van der Waals surface area contributed by atoms with Crippen LogP contribution < -0.4 is 3.68 Å². The molecule has 12 unspecified atom stereocenters. The molecule has 2 N–H and O–H groups in total. The van der Waals surface area contributed by atoms with Gasteiger partial charge in [0.15, 0.2) is 0 Å². The van der Waals surface area contributed by atoms with Crippen LogP contribution in [0.25, 0.3) is 0 Å². The maximum absolute atomic E-state index is 16.7. The summed E-state index contributed by atoms with van der Waals surface area (Å²) in [5, 5.41) is -9.11. The van der Waals surface area contributed by atoms with Crippen LogP contribution in [-0.2, 0) is 0 Å². The Kier molecular flexibility index (Phi) is 27.2. The van der Waals surface area contributed by atoms with E-state index in [9.17, 15) is 26.3 Å². The van der Waals surface area contributed by atoms with Crippen molar-refractivity contribution >= 4 is 106 Å². The van der Waals surface area contributed by atoms with Gasteiger partial charge in [0, 0.05) is 0 Å². The summed E-state index contributed by atoms with van der Waals surface area (Å²) in [6.45, 7) is -2.60. The second-order valence-electron chi connectivity index (χ2n) is 25.4. The molecule has 12 atom stereocenters. The van der Waals surface area contributed by atoms with Crippen LogP contribution in [0.15, 0.2) is 62.9 Å². The molecule has 5 nitrogen and oxygen atoms in total. The first-order chi connectivity index (χ1) is 48.6. The normalized spacial score (nSPS) is 33.2. The summed E-state index contributed by atoms with van der Waals surface area (Å²) in [4.78, 5) is -6.19. The fraction of sp³-hybridized carbons (Fsp3) is 0.567. The van der Waals surface area contributed by atoms with Gasteiger partial charge in [-0.2, -0.15) is 0 Å². The molecule has 7 aliphatic rings. The van der Waals surface area contributed by atoms with Gasteiger partial charge in [0.1, 0.15) is 0 Å². The van der Waals surface area contributed by atoms with Gasteiger partial charge in [-0.25, -0.2) is 0 Å². The number of hydrogen-bond acceptors (Lipinski definition) is 11. The van der Waals surface area contributed by atoms with Crippen LogP contribution in [0.2, 0.25) is 0 Å². The van der Waals surface area contributed by atoms with Crippen molar-refractivity contribution in [1.29, 1.82) is 0 Å². The van der Waals surface area contributed by atoms with E-state index in [0.29, 0.717) is 37.9 Å². The van der Waals surface area contributed by atoms with E-state index in [0.717, 1.165) is 46.0 Å².